The molecule has 0 bridgehead atoms. The highest BCUT2D eigenvalue weighted by atomic mass is 15.1. The summed E-state index contributed by atoms with van der Waals surface area (Å²) < 4.78 is 0. The molecule has 1 unspecified atom stereocenters. The standard InChI is InChI=1S/C16H26N2/c1-12(2)16(11-18(3)4)17-15-9-13-7-5-6-8-14(13)10-15/h5-8,12,15-17H,9-11H2,1-4H3. The van der Waals surface area contributed by atoms with E-state index in [1.54, 1.807) is 0 Å². The van der Waals surface area contributed by atoms with Crippen LogP contribution in [0.3, 0.4) is 0 Å². The average Bonchev–Trinajstić information content (AvgIpc) is 2.69. The van der Waals surface area contributed by atoms with Crippen LogP contribution in [0, 0.1) is 5.92 Å². The fraction of sp³-hybridized carbons (Fsp3) is 0.625. The Labute approximate surface area is 111 Å². The zero-order valence-electron chi connectivity index (χ0n) is 12.1. The van der Waals surface area contributed by atoms with Gasteiger partial charge in [0.1, 0.15) is 0 Å². The Hall–Kier alpha value is -0.860. The van der Waals surface area contributed by atoms with Gasteiger partial charge in [-0.15, -0.1) is 0 Å². The SMILES string of the molecule is CC(C)C(CN(C)C)NC1Cc2ccccc2C1. The van der Waals surface area contributed by atoms with E-state index in [4.69, 9.17) is 0 Å². The van der Waals surface area contributed by atoms with E-state index in [-0.39, 0.29) is 0 Å². The van der Waals surface area contributed by atoms with Crippen LogP contribution >= 0.6 is 0 Å². The third kappa shape index (κ3) is 3.33. The van der Waals surface area contributed by atoms with Gasteiger partial charge in [0.2, 0.25) is 0 Å². The lowest BCUT2D eigenvalue weighted by Crippen LogP contribution is -2.47. The topological polar surface area (TPSA) is 15.3 Å². The van der Waals surface area contributed by atoms with E-state index in [1.165, 1.54) is 24.0 Å². The second kappa shape index (κ2) is 5.85. The van der Waals surface area contributed by atoms with Crippen molar-refractivity contribution in [2.24, 2.45) is 5.92 Å². The summed E-state index contributed by atoms with van der Waals surface area (Å²) in [7, 11) is 4.31. The molecule has 2 rings (SSSR count). The number of fused-ring (bicyclic) bond motifs is 1. The summed E-state index contributed by atoms with van der Waals surface area (Å²) in [4.78, 5) is 2.28. The van der Waals surface area contributed by atoms with Crippen molar-refractivity contribution in [3.8, 4) is 0 Å². The number of hydrogen-bond donors (Lipinski definition) is 1. The van der Waals surface area contributed by atoms with Crippen LogP contribution in [0.4, 0.5) is 0 Å². The molecule has 0 fully saturated rings. The number of likely N-dealkylation sites (N-methyl/N-ethyl adjacent to an activating group) is 1. The summed E-state index contributed by atoms with van der Waals surface area (Å²) in [6.45, 7) is 5.73. The average molecular weight is 246 g/mol. The van der Waals surface area contributed by atoms with Gasteiger partial charge >= 0.3 is 0 Å². The van der Waals surface area contributed by atoms with Gasteiger partial charge < -0.3 is 10.2 Å². The number of benzene rings is 1. The molecule has 2 nitrogen and oxygen atoms in total. The molecule has 1 N–H and O–H groups in total. The zero-order valence-corrected chi connectivity index (χ0v) is 12.1. The quantitative estimate of drug-likeness (QED) is 0.858. The maximum atomic E-state index is 3.85. The Morgan fingerprint density at radius 1 is 1.17 bits per heavy atom. The van der Waals surface area contributed by atoms with Gasteiger partial charge in [0.15, 0.2) is 0 Å². The molecule has 1 atom stereocenters. The summed E-state index contributed by atoms with van der Waals surface area (Å²) in [6, 6.07) is 10.1. The molecule has 0 aromatic heterocycles. The van der Waals surface area contributed by atoms with E-state index in [0.717, 1.165) is 6.54 Å². The van der Waals surface area contributed by atoms with Crippen molar-refractivity contribution in [1.82, 2.24) is 10.2 Å². The van der Waals surface area contributed by atoms with E-state index < -0.39 is 0 Å². The minimum Gasteiger partial charge on any atom is -0.309 e. The largest absolute Gasteiger partial charge is 0.309 e. The predicted molar refractivity (Wildman–Crippen MR) is 78.0 cm³/mol. The number of rotatable bonds is 5. The van der Waals surface area contributed by atoms with Crippen molar-refractivity contribution in [1.29, 1.82) is 0 Å². The van der Waals surface area contributed by atoms with Crippen molar-refractivity contribution in [2.45, 2.75) is 38.8 Å². The Bertz CT molecular complexity index is 359. The van der Waals surface area contributed by atoms with E-state index in [0.29, 0.717) is 18.0 Å². The van der Waals surface area contributed by atoms with Gasteiger partial charge in [-0.05, 0) is 44.0 Å². The predicted octanol–water partition coefficient (Wildman–Crippen LogP) is 2.33. The Morgan fingerprint density at radius 3 is 2.17 bits per heavy atom. The second-order valence-electron chi connectivity index (χ2n) is 6.15. The number of hydrogen-bond acceptors (Lipinski definition) is 2. The lowest BCUT2D eigenvalue weighted by Gasteiger charge is -2.28. The molecule has 0 saturated heterocycles. The maximum Gasteiger partial charge on any atom is 0.0220 e. The molecule has 0 heterocycles. The van der Waals surface area contributed by atoms with Crippen molar-refractivity contribution in [3.63, 3.8) is 0 Å². The van der Waals surface area contributed by atoms with Gasteiger partial charge in [0.25, 0.3) is 0 Å². The number of nitrogens with zero attached hydrogens (tertiary/aromatic N) is 1. The van der Waals surface area contributed by atoms with Gasteiger partial charge in [-0.3, -0.25) is 0 Å². The first-order valence-corrected chi connectivity index (χ1v) is 7.04. The molecule has 1 aromatic carbocycles. The van der Waals surface area contributed by atoms with Crippen molar-refractivity contribution < 1.29 is 0 Å². The summed E-state index contributed by atoms with van der Waals surface area (Å²) >= 11 is 0. The van der Waals surface area contributed by atoms with E-state index in [1.807, 2.05) is 0 Å². The van der Waals surface area contributed by atoms with Crippen molar-refractivity contribution >= 4 is 0 Å². The molecule has 18 heavy (non-hydrogen) atoms. The third-order valence-corrected chi connectivity index (χ3v) is 3.87. The normalized spacial score (nSPS) is 17.4. The highest BCUT2D eigenvalue weighted by Crippen LogP contribution is 2.22. The molecule has 1 aromatic rings. The molecule has 0 spiro atoms. The molecular formula is C16H26N2. The van der Waals surface area contributed by atoms with E-state index in [9.17, 15) is 0 Å². The first-order chi connectivity index (χ1) is 8.56. The first kappa shape index (κ1) is 13.6. The molecule has 0 radical (unpaired) electrons. The van der Waals surface area contributed by atoms with Crippen LogP contribution in [0.5, 0.6) is 0 Å². The molecule has 0 aliphatic heterocycles. The van der Waals surface area contributed by atoms with E-state index >= 15 is 0 Å². The maximum absolute atomic E-state index is 3.85. The van der Waals surface area contributed by atoms with Gasteiger partial charge in [-0.2, -0.15) is 0 Å². The van der Waals surface area contributed by atoms with Crippen molar-refractivity contribution in [3.05, 3.63) is 35.4 Å². The van der Waals surface area contributed by atoms with Gasteiger partial charge in [0.05, 0.1) is 0 Å². The lowest BCUT2D eigenvalue weighted by molar-refractivity contribution is 0.270. The zero-order chi connectivity index (χ0) is 13.1. The third-order valence-electron chi connectivity index (χ3n) is 3.87. The van der Waals surface area contributed by atoms with Crippen molar-refractivity contribution in [2.75, 3.05) is 20.6 Å². The van der Waals surface area contributed by atoms with Crippen LogP contribution in [-0.2, 0) is 12.8 Å². The Kier molecular flexibility index (Phi) is 4.41. The monoisotopic (exact) mass is 246 g/mol. The summed E-state index contributed by atoms with van der Waals surface area (Å²) in [5.41, 5.74) is 3.06. The number of nitrogens with one attached hydrogen (secondary N) is 1. The van der Waals surface area contributed by atoms with Gasteiger partial charge in [-0.25, -0.2) is 0 Å². The molecular weight excluding hydrogens is 220 g/mol. The summed E-state index contributed by atoms with van der Waals surface area (Å²) in [6.07, 6.45) is 2.37. The van der Waals surface area contributed by atoms with Gasteiger partial charge in [-0.1, -0.05) is 38.1 Å². The van der Waals surface area contributed by atoms with Crippen LogP contribution < -0.4 is 5.32 Å². The summed E-state index contributed by atoms with van der Waals surface area (Å²) in [5.74, 6) is 0.677. The molecule has 100 valence electrons. The molecule has 0 amide bonds. The van der Waals surface area contributed by atoms with Crippen LogP contribution in [-0.4, -0.2) is 37.6 Å². The second-order valence-corrected chi connectivity index (χ2v) is 6.15. The summed E-state index contributed by atoms with van der Waals surface area (Å²) in [5, 5.41) is 3.85. The van der Waals surface area contributed by atoms with E-state index in [2.05, 4.69) is 62.4 Å². The lowest BCUT2D eigenvalue weighted by atomic mass is 10.0. The minimum atomic E-state index is 0.583. The molecule has 2 heteroatoms. The fourth-order valence-corrected chi connectivity index (χ4v) is 2.83. The Morgan fingerprint density at radius 2 is 1.72 bits per heavy atom. The molecule has 0 saturated carbocycles. The van der Waals surface area contributed by atoms with Crippen LogP contribution in [0.25, 0.3) is 0 Å². The highest BCUT2D eigenvalue weighted by Gasteiger charge is 2.24. The first-order valence-electron chi connectivity index (χ1n) is 7.04. The Balaban J connectivity index is 1.94. The van der Waals surface area contributed by atoms with Crippen LogP contribution in [0.1, 0.15) is 25.0 Å². The van der Waals surface area contributed by atoms with Crippen LogP contribution in [0.2, 0.25) is 0 Å². The minimum absolute atomic E-state index is 0.583. The molecule has 1 aliphatic rings. The fourth-order valence-electron chi connectivity index (χ4n) is 2.83. The smallest absolute Gasteiger partial charge is 0.0220 e. The highest BCUT2D eigenvalue weighted by molar-refractivity contribution is 5.33. The molecule has 1 aliphatic carbocycles. The van der Waals surface area contributed by atoms with Crippen LogP contribution in [0.15, 0.2) is 24.3 Å². The van der Waals surface area contributed by atoms with Gasteiger partial charge in [0, 0.05) is 18.6 Å².